The second-order valence-corrected chi connectivity index (χ2v) is 29.1. The highest BCUT2D eigenvalue weighted by molar-refractivity contribution is 8.01. The molecule has 94 heavy (non-hydrogen) atoms. The highest BCUT2D eigenvalue weighted by Gasteiger charge is 2.52. The van der Waals surface area contributed by atoms with Gasteiger partial charge in [-0.05, 0) is 171 Å². The second kappa shape index (κ2) is 19.9. The van der Waals surface area contributed by atoms with Gasteiger partial charge in [-0.25, -0.2) is 0 Å². The van der Waals surface area contributed by atoms with Crippen molar-refractivity contribution in [3.05, 3.63) is 295 Å². The predicted octanol–water partition coefficient (Wildman–Crippen LogP) is 18.8. The first-order valence-electron chi connectivity index (χ1n) is 32.7. The van der Waals surface area contributed by atoms with Gasteiger partial charge in [0, 0.05) is 86.4 Å². The van der Waals surface area contributed by atoms with E-state index in [1.807, 2.05) is 23.5 Å². The third kappa shape index (κ3) is 7.42. The molecule has 0 N–H and O–H groups in total. The van der Waals surface area contributed by atoms with Crippen LogP contribution in [0, 0.1) is 6.92 Å². The highest BCUT2D eigenvalue weighted by atomic mass is 32.2. The average Bonchev–Trinajstić information content (AvgIpc) is 1.20. The van der Waals surface area contributed by atoms with Crippen molar-refractivity contribution in [1.82, 2.24) is 4.57 Å². The molecule has 0 radical (unpaired) electrons. The molecule has 13 aromatic carbocycles. The summed E-state index contributed by atoms with van der Waals surface area (Å²) in [6.45, 7) is 11.8. The van der Waals surface area contributed by atoms with E-state index in [2.05, 4.69) is 316 Å². The van der Waals surface area contributed by atoms with Crippen LogP contribution in [0.1, 0.15) is 55.5 Å². The summed E-state index contributed by atoms with van der Waals surface area (Å²) in [7, 11) is 0. The lowest BCUT2D eigenvalue weighted by atomic mass is 9.31. The second-order valence-electron chi connectivity index (χ2n) is 27.0. The minimum atomic E-state index is -0.425. The Hall–Kier alpha value is -10.3. The minimum absolute atomic E-state index is 0.148. The van der Waals surface area contributed by atoms with Crippen LogP contribution in [-0.4, -0.2) is 18.0 Å². The molecule has 9 heteroatoms. The average molecular weight is 1240 g/mol. The molecule has 0 saturated heterocycles. The van der Waals surface area contributed by atoms with Crippen LogP contribution in [0.2, 0.25) is 0 Å². The predicted molar refractivity (Wildman–Crippen MR) is 393 cm³/mol. The van der Waals surface area contributed by atoms with Crippen molar-refractivity contribution in [3.63, 3.8) is 0 Å². The Labute approximate surface area is 556 Å². The first-order valence-corrected chi connectivity index (χ1v) is 34.3. The van der Waals surface area contributed by atoms with Gasteiger partial charge in [-0.3, -0.25) is 0 Å². The molecule has 0 atom stereocenters. The number of rotatable bonds is 7. The Morgan fingerprint density at radius 3 is 1.13 bits per heavy atom. The molecular weight excluding hydrogens is 1180 g/mol. The fourth-order valence-corrected chi connectivity index (χ4v) is 20.1. The first kappa shape index (κ1) is 54.3. The Kier molecular flexibility index (Phi) is 11.5. The summed E-state index contributed by atoms with van der Waals surface area (Å²) in [6.07, 6.45) is 0. The molecule has 6 aliphatic rings. The molecule has 5 heterocycles. The van der Waals surface area contributed by atoms with Crippen molar-refractivity contribution < 1.29 is 9.47 Å². The summed E-state index contributed by atoms with van der Waals surface area (Å²) < 4.78 is 17.8. The van der Waals surface area contributed by atoms with E-state index in [0.29, 0.717) is 0 Å². The molecule has 0 unspecified atom stereocenters. The van der Waals surface area contributed by atoms with E-state index in [-0.39, 0.29) is 13.4 Å². The van der Waals surface area contributed by atoms with Crippen molar-refractivity contribution >= 4 is 126 Å². The van der Waals surface area contributed by atoms with Gasteiger partial charge < -0.3 is 23.8 Å². The van der Waals surface area contributed by atoms with E-state index in [4.69, 9.17) is 9.47 Å². The third-order valence-corrected chi connectivity index (χ3v) is 23.7. The number of anilines is 6. The van der Waals surface area contributed by atoms with E-state index in [9.17, 15) is 0 Å². The SMILES string of the molecule is Cc1c2c(c(-n3c4ccccc4c4ccccc43)c3c1B1c4ccccc4Oc4c1c(cc1c4C(C)(C)c4cc(N(c5ccccc5)c5ccccc5)ccc4-1)S3)Sc1cc3c(c4c1B2c1ccccc1O4)C(C)(C)c1cc(N(c2ccccc2)c2ccccc2)ccc1-3. The van der Waals surface area contributed by atoms with E-state index in [1.165, 1.54) is 130 Å². The Balaban J connectivity index is 0.840. The first-order chi connectivity index (χ1) is 46.1. The van der Waals surface area contributed by atoms with Crippen LogP contribution >= 0.6 is 23.5 Å². The number of hydrogen-bond acceptors (Lipinski definition) is 6. The van der Waals surface area contributed by atoms with Gasteiger partial charge in [0.15, 0.2) is 0 Å². The quantitative estimate of drug-likeness (QED) is 0.148. The van der Waals surface area contributed by atoms with Gasteiger partial charge in [0.05, 0.1) is 16.7 Å². The lowest BCUT2D eigenvalue weighted by Gasteiger charge is -2.41. The largest absolute Gasteiger partial charge is 0.458 e. The van der Waals surface area contributed by atoms with E-state index in [0.717, 1.165) is 57.1 Å². The van der Waals surface area contributed by atoms with Crippen LogP contribution in [0.4, 0.5) is 34.1 Å². The van der Waals surface area contributed by atoms with Crippen molar-refractivity contribution in [2.45, 2.75) is 65.0 Å². The minimum Gasteiger partial charge on any atom is -0.458 e. The lowest BCUT2D eigenvalue weighted by Crippen LogP contribution is -2.64. The zero-order valence-electron chi connectivity index (χ0n) is 52.5. The number of benzene rings is 13. The number of hydrogen-bond donors (Lipinski definition) is 0. The standard InChI is InChI=1S/C85H59B2N3O2S2/c1-50-75-82(93-71-48-61-57-44-42-55(88(51-26-10-6-11-27-51)52-28-12-7-13-29-52)46-63(57)84(2,3)73(61)80-77(71)86(75)65-36-20-24-40-69(65)91-80)79(90-67-38-22-18-34-59(67)60-35-19-23-39-68(60)90)83-76(50)87-66-37-21-25-41-70(66)92-81-74-62(49-72(94-83)78(81)87)58-45-43-56(47-64(58)85(74,4)5)89(53-30-14-8-15-31-53)54-32-16-9-17-33-54/h6-49H,1-5H3. The summed E-state index contributed by atoms with van der Waals surface area (Å²) in [5, 5.41) is 2.48. The molecule has 0 bridgehead atoms. The fourth-order valence-electron chi connectivity index (χ4n) is 17.3. The van der Waals surface area contributed by atoms with Crippen LogP contribution in [0.3, 0.4) is 0 Å². The topological polar surface area (TPSA) is 29.9 Å². The molecule has 0 amide bonds. The third-order valence-electron chi connectivity index (χ3n) is 21.3. The zero-order chi connectivity index (χ0) is 62.5. The summed E-state index contributed by atoms with van der Waals surface area (Å²) >= 11 is 3.90. The van der Waals surface area contributed by atoms with E-state index < -0.39 is 10.8 Å². The monoisotopic (exact) mass is 1240 g/mol. The number of para-hydroxylation sites is 8. The van der Waals surface area contributed by atoms with E-state index >= 15 is 0 Å². The maximum atomic E-state index is 7.60. The van der Waals surface area contributed by atoms with Gasteiger partial charge in [0.1, 0.15) is 23.0 Å². The van der Waals surface area contributed by atoms with Gasteiger partial charge in [-0.15, -0.1) is 0 Å². The Bertz CT molecular complexity index is 5200. The Morgan fingerprint density at radius 2 is 0.723 bits per heavy atom. The molecule has 0 saturated carbocycles. The van der Waals surface area contributed by atoms with Crippen LogP contribution in [0.25, 0.3) is 49.7 Å². The van der Waals surface area contributed by atoms with Crippen molar-refractivity contribution in [2.24, 2.45) is 0 Å². The lowest BCUT2D eigenvalue weighted by molar-refractivity contribution is 0.468. The van der Waals surface area contributed by atoms with Gasteiger partial charge in [-0.2, -0.15) is 0 Å². The van der Waals surface area contributed by atoms with Crippen molar-refractivity contribution in [1.29, 1.82) is 0 Å². The molecule has 0 spiro atoms. The highest BCUT2D eigenvalue weighted by Crippen LogP contribution is 2.60. The fraction of sp³-hybridized carbons (Fsp3) is 0.0824. The van der Waals surface area contributed by atoms with Crippen molar-refractivity contribution in [3.8, 4) is 50.9 Å². The molecule has 20 rings (SSSR count). The number of aromatic nitrogens is 1. The molecular formula is C85H59B2N3O2S2. The van der Waals surface area contributed by atoms with E-state index in [1.54, 1.807) is 0 Å². The maximum absolute atomic E-state index is 7.60. The van der Waals surface area contributed by atoms with Crippen LogP contribution in [0.15, 0.2) is 287 Å². The maximum Gasteiger partial charge on any atom is 0.254 e. The summed E-state index contributed by atoms with van der Waals surface area (Å²) in [4.78, 5) is 9.81. The van der Waals surface area contributed by atoms with Crippen LogP contribution in [-0.2, 0) is 10.8 Å². The number of fused-ring (bicyclic) bond motifs is 19. The molecule has 1 aromatic heterocycles. The molecule has 14 aromatic rings. The number of ether oxygens (including phenoxy) is 2. The van der Waals surface area contributed by atoms with Gasteiger partial charge in [0.2, 0.25) is 0 Å². The number of nitrogens with zero attached hydrogens (tertiary/aromatic N) is 3. The molecule has 444 valence electrons. The van der Waals surface area contributed by atoms with Crippen LogP contribution < -0.4 is 52.1 Å². The van der Waals surface area contributed by atoms with Gasteiger partial charge >= 0.3 is 0 Å². The summed E-state index contributed by atoms with van der Waals surface area (Å²) in [6, 6.07) is 98.4. The van der Waals surface area contributed by atoms with Gasteiger partial charge in [-0.1, -0.05) is 225 Å². The van der Waals surface area contributed by atoms with Crippen molar-refractivity contribution in [2.75, 3.05) is 9.80 Å². The smallest absolute Gasteiger partial charge is 0.254 e. The normalized spacial score (nSPS) is 14.6. The van der Waals surface area contributed by atoms with Gasteiger partial charge in [0.25, 0.3) is 13.4 Å². The molecule has 0 fully saturated rings. The van der Waals surface area contributed by atoms with Crippen LogP contribution in [0.5, 0.6) is 23.0 Å². The zero-order valence-corrected chi connectivity index (χ0v) is 54.2. The summed E-state index contributed by atoms with van der Waals surface area (Å²) in [5.41, 5.74) is 28.4. The molecule has 5 nitrogen and oxygen atoms in total. The molecule has 4 aliphatic heterocycles. The Morgan fingerprint density at radius 1 is 0.362 bits per heavy atom. The summed E-state index contributed by atoms with van der Waals surface area (Å²) in [5.74, 6) is 3.80. The molecule has 2 aliphatic carbocycles.